The molecule has 0 aromatic carbocycles. The lowest BCUT2D eigenvalue weighted by Gasteiger charge is -2.40. The Hall–Kier alpha value is -1.30. The van der Waals surface area contributed by atoms with Crippen LogP contribution in [0, 0.1) is 5.41 Å². The van der Waals surface area contributed by atoms with E-state index in [4.69, 9.17) is 0 Å². The molecule has 0 aliphatic carbocycles. The standard InChI is InChI=1S/C14H27N3O3/c1-13(2,11(18)19)14(3,4)15-12(20)17-8-6-7-16(5)9-10-17/h6-10H2,1-5H3,(H,15,20)(H,18,19). The maximum Gasteiger partial charge on any atom is 0.317 e. The van der Waals surface area contributed by atoms with Crippen LogP contribution in [-0.2, 0) is 4.79 Å². The Balaban J connectivity index is 2.71. The van der Waals surface area contributed by atoms with Crippen molar-refractivity contribution in [2.45, 2.75) is 39.7 Å². The van der Waals surface area contributed by atoms with E-state index in [1.54, 1.807) is 32.6 Å². The Morgan fingerprint density at radius 1 is 1.05 bits per heavy atom. The number of likely N-dealkylation sites (N-methyl/N-ethyl adjacent to an activating group) is 1. The van der Waals surface area contributed by atoms with Gasteiger partial charge in [0.15, 0.2) is 0 Å². The van der Waals surface area contributed by atoms with E-state index in [0.29, 0.717) is 13.1 Å². The molecule has 0 aromatic rings. The fraction of sp³-hybridized carbons (Fsp3) is 0.857. The monoisotopic (exact) mass is 285 g/mol. The molecule has 0 spiro atoms. The fourth-order valence-electron chi connectivity index (χ4n) is 2.02. The molecule has 0 bridgehead atoms. The SMILES string of the molecule is CN1CCCN(C(=O)NC(C)(C)C(C)(C)C(=O)O)CC1. The van der Waals surface area contributed by atoms with Crippen molar-refractivity contribution in [2.24, 2.45) is 5.41 Å². The average molecular weight is 285 g/mol. The number of urea groups is 1. The number of hydrogen-bond donors (Lipinski definition) is 2. The zero-order valence-corrected chi connectivity index (χ0v) is 13.2. The number of carbonyl (C=O) groups is 2. The molecule has 0 unspecified atom stereocenters. The minimum atomic E-state index is -1.04. The van der Waals surface area contributed by atoms with Crippen molar-refractivity contribution in [2.75, 3.05) is 33.2 Å². The summed E-state index contributed by atoms with van der Waals surface area (Å²) in [5.74, 6) is -0.918. The number of amides is 2. The van der Waals surface area contributed by atoms with Gasteiger partial charge in [0.1, 0.15) is 0 Å². The van der Waals surface area contributed by atoms with Crippen LogP contribution in [0.25, 0.3) is 0 Å². The molecule has 1 heterocycles. The van der Waals surface area contributed by atoms with Crippen LogP contribution in [0.5, 0.6) is 0 Å². The molecule has 1 saturated heterocycles. The van der Waals surface area contributed by atoms with Crippen molar-refractivity contribution >= 4 is 12.0 Å². The van der Waals surface area contributed by atoms with Crippen LogP contribution in [0.4, 0.5) is 4.79 Å². The molecule has 0 atom stereocenters. The van der Waals surface area contributed by atoms with E-state index in [2.05, 4.69) is 10.2 Å². The Morgan fingerprint density at radius 3 is 2.20 bits per heavy atom. The van der Waals surface area contributed by atoms with Gasteiger partial charge in [-0.05, 0) is 47.7 Å². The van der Waals surface area contributed by atoms with Gasteiger partial charge in [-0.3, -0.25) is 4.79 Å². The van der Waals surface area contributed by atoms with Gasteiger partial charge < -0.3 is 20.2 Å². The normalized spacial score (nSPS) is 18.6. The predicted molar refractivity (Wildman–Crippen MR) is 77.7 cm³/mol. The molecule has 0 radical (unpaired) electrons. The van der Waals surface area contributed by atoms with Crippen molar-refractivity contribution in [3.8, 4) is 0 Å². The van der Waals surface area contributed by atoms with E-state index in [1.165, 1.54) is 0 Å². The fourth-order valence-corrected chi connectivity index (χ4v) is 2.02. The number of carboxylic acids is 1. The summed E-state index contributed by atoms with van der Waals surface area (Å²) in [7, 11) is 2.04. The molecule has 1 aliphatic rings. The number of carbonyl (C=O) groups excluding carboxylic acids is 1. The van der Waals surface area contributed by atoms with Gasteiger partial charge in [-0.15, -0.1) is 0 Å². The van der Waals surface area contributed by atoms with Crippen LogP contribution in [0.15, 0.2) is 0 Å². The van der Waals surface area contributed by atoms with E-state index < -0.39 is 16.9 Å². The highest BCUT2D eigenvalue weighted by molar-refractivity contribution is 5.79. The quantitative estimate of drug-likeness (QED) is 0.818. The maximum absolute atomic E-state index is 12.3. The predicted octanol–water partition coefficient (Wildman–Crippen LogP) is 1.22. The van der Waals surface area contributed by atoms with Crippen LogP contribution in [0.2, 0.25) is 0 Å². The van der Waals surface area contributed by atoms with E-state index in [1.807, 2.05) is 7.05 Å². The largest absolute Gasteiger partial charge is 0.481 e. The third kappa shape index (κ3) is 3.62. The molecule has 2 amide bonds. The first-order chi connectivity index (χ1) is 9.08. The van der Waals surface area contributed by atoms with Gasteiger partial charge in [0.2, 0.25) is 0 Å². The summed E-state index contributed by atoms with van der Waals surface area (Å²) in [6.07, 6.45) is 0.937. The van der Waals surface area contributed by atoms with Crippen LogP contribution in [-0.4, -0.2) is 65.7 Å². The molecule has 1 aliphatic heterocycles. The number of rotatable bonds is 3. The summed E-state index contributed by atoms with van der Waals surface area (Å²) in [6.45, 7) is 9.97. The zero-order valence-electron chi connectivity index (χ0n) is 13.2. The Kier molecular flexibility index (Phi) is 5.02. The topological polar surface area (TPSA) is 72.9 Å². The van der Waals surface area contributed by atoms with Gasteiger partial charge in [0.25, 0.3) is 0 Å². The van der Waals surface area contributed by atoms with Gasteiger partial charge in [-0.1, -0.05) is 0 Å². The summed E-state index contributed by atoms with van der Waals surface area (Å²) >= 11 is 0. The lowest BCUT2D eigenvalue weighted by molar-refractivity contribution is -0.150. The van der Waals surface area contributed by atoms with Crippen molar-refractivity contribution in [3.63, 3.8) is 0 Å². The van der Waals surface area contributed by atoms with Gasteiger partial charge in [-0.2, -0.15) is 0 Å². The first-order valence-corrected chi connectivity index (χ1v) is 7.07. The van der Waals surface area contributed by atoms with Crippen LogP contribution >= 0.6 is 0 Å². The number of carboxylic acid groups (broad SMARTS) is 1. The van der Waals surface area contributed by atoms with E-state index in [9.17, 15) is 14.7 Å². The summed E-state index contributed by atoms with van der Waals surface area (Å²) in [5, 5.41) is 12.2. The molecule has 0 aromatic heterocycles. The Bertz CT molecular complexity index is 380. The molecular formula is C14H27N3O3. The van der Waals surface area contributed by atoms with Crippen LogP contribution in [0.1, 0.15) is 34.1 Å². The lowest BCUT2D eigenvalue weighted by Crippen LogP contribution is -2.59. The van der Waals surface area contributed by atoms with Gasteiger partial charge in [0, 0.05) is 19.6 Å². The lowest BCUT2D eigenvalue weighted by atomic mass is 9.74. The molecule has 1 rings (SSSR count). The molecule has 0 saturated carbocycles. The zero-order chi connectivity index (χ0) is 15.6. The third-order valence-electron chi connectivity index (χ3n) is 4.52. The molecule has 1 fully saturated rings. The molecule has 20 heavy (non-hydrogen) atoms. The van der Waals surface area contributed by atoms with Gasteiger partial charge >= 0.3 is 12.0 Å². The van der Waals surface area contributed by atoms with Gasteiger partial charge in [0.05, 0.1) is 11.0 Å². The summed E-state index contributed by atoms with van der Waals surface area (Å²) in [4.78, 5) is 27.7. The van der Waals surface area contributed by atoms with Crippen LogP contribution < -0.4 is 5.32 Å². The van der Waals surface area contributed by atoms with Gasteiger partial charge in [-0.25, -0.2) is 4.79 Å². The van der Waals surface area contributed by atoms with Crippen molar-refractivity contribution in [1.29, 1.82) is 0 Å². The first-order valence-electron chi connectivity index (χ1n) is 7.07. The first kappa shape index (κ1) is 16.8. The van der Waals surface area contributed by atoms with E-state index in [0.717, 1.165) is 19.5 Å². The highest BCUT2D eigenvalue weighted by atomic mass is 16.4. The molecule has 6 nitrogen and oxygen atoms in total. The smallest absolute Gasteiger partial charge is 0.317 e. The highest BCUT2D eigenvalue weighted by Crippen LogP contribution is 2.30. The third-order valence-corrected chi connectivity index (χ3v) is 4.52. The number of nitrogens with zero attached hydrogens (tertiary/aromatic N) is 2. The van der Waals surface area contributed by atoms with Crippen molar-refractivity contribution in [1.82, 2.24) is 15.1 Å². The second kappa shape index (κ2) is 5.99. The maximum atomic E-state index is 12.3. The Labute approximate surface area is 121 Å². The van der Waals surface area contributed by atoms with E-state index in [-0.39, 0.29) is 6.03 Å². The summed E-state index contributed by atoms with van der Waals surface area (Å²) in [5.41, 5.74) is -1.86. The van der Waals surface area contributed by atoms with Crippen molar-refractivity contribution in [3.05, 3.63) is 0 Å². The number of aliphatic carboxylic acids is 1. The molecule has 6 heteroatoms. The Morgan fingerprint density at radius 2 is 1.65 bits per heavy atom. The van der Waals surface area contributed by atoms with Crippen molar-refractivity contribution < 1.29 is 14.7 Å². The number of nitrogens with one attached hydrogen (secondary N) is 1. The summed E-state index contributed by atoms with van der Waals surface area (Å²) in [6, 6.07) is -0.181. The molecule has 2 N–H and O–H groups in total. The van der Waals surface area contributed by atoms with Crippen LogP contribution in [0.3, 0.4) is 0 Å². The molecule has 116 valence electrons. The second-order valence-electron chi connectivity index (χ2n) is 6.63. The second-order valence-corrected chi connectivity index (χ2v) is 6.63. The minimum absolute atomic E-state index is 0.181. The highest BCUT2D eigenvalue weighted by Gasteiger charge is 2.45. The molecular weight excluding hydrogens is 258 g/mol. The number of hydrogen-bond acceptors (Lipinski definition) is 3. The minimum Gasteiger partial charge on any atom is -0.481 e. The van der Waals surface area contributed by atoms with E-state index >= 15 is 0 Å². The summed E-state index contributed by atoms with van der Waals surface area (Å²) < 4.78 is 0. The average Bonchev–Trinajstić information content (AvgIpc) is 2.53.